The van der Waals surface area contributed by atoms with E-state index in [-0.39, 0.29) is 5.78 Å². The van der Waals surface area contributed by atoms with E-state index in [1.165, 1.54) is 10.4 Å². The summed E-state index contributed by atoms with van der Waals surface area (Å²) in [6.45, 7) is 5.37. The van der Waals surface area contributed by atoms with Crippen molar-refractivity contribution in [2.24, 2.45) is 0 Å². The van der Waals surface area contributed by atoms with Gasteiger partial charge in [0.15, 0.2) is 5.78 Å². The fraction of sp³-hybridized carbons (Fsp3) is 0.357. The van der Waals surface area contributed by atoms with Crippen LogP contribution >= 0.6 is 22.7 Å². The summed E-state index contributed by atoms with van der Waals surface area (Å²) in [5.41, 5.74) is 2.16. The number of likely N-dealkylation sites (N-methyl/N-ethyl adjacent to an activating group) is 1. The molecule has 2 aromatic heterocycles. The minimum atomic E-state index is 0.217. The maximum atomic E-state index is 12.2. The maximum absolute atomic E-state index is 12.2. The number of ketones is 1. The van der Waals surface area contributed by atoms with Crippen LogP contribution < -0.4 is 0 Å². The molecule has 0 bridgehead atoms. The van der Waals surface area contributed by atoms with Crippen LogP contribution in [0.2, 0.25) is 0 Å². The first kappa shape index (κ1) is 13.5. The van der Waals surface area contributed by atoms with Crippen LogP contribution in [0.15, 0.2) is 22.9 Å². The number of carbonyl (C=O) groups excluding carboxylic acids is 1. The topological polar surface area (TPSA) is 20.3 Å². The van der Waals surface area contributed by atoms with Crippen LogP contribution in [-0.4, -0.2) is 24.3 Å². The number of carbonyl (C=O) groups is 1. The Bertz CT molecular complexity index is 528. The maximum Gasteiger partial charge on any atom is 0.177 e. The third-order valence-electron chi connectivity index (χ3n) is 2.79. The van der Waals surface area contributed by atoms with Crippen molar-refractivity contribution in [3.8, 4) is 0 Å². The van der Waals surface area contributed by atoms with E-state index in [0.717, 1.165) is 17.0 Å². The van der Waals surface area contributed by atoms with Gasteiger partial charge in [0.1, 0.15) is 0 Å². The van der Waals surface area contributed by atoms with E-state index >= 15 is 0 Å². The van der Waals surface area contributed by atoms with Gasteiger partial charge in [-0.3, -0.25) is 9.69 Å². The number of aryl methyl sites for hydroxylation is 2. The Kier molecular flexibility index (Phi) is 4.32. The Labute approximate surface area is 116 Å². The molecule has 18 heavy (non-hydrogen) atoms. The average molecular weight is 279 g/mol. The molecule has 0 atom stereocenters. The van der Waals surface area contributed by atoms with Crippen molar-refractivity contribution < 1.29 is 4.79 Å². The molecule has 0 unspecified atom stereocenters. The van der Waals surface area contributed by atoms with Crippen LogP contribution in [-0.2, 0) is 6.54 Å². The van der Waals surface area contributed by atoms with Gasteiger partial charge in [0, 0.05) is 21.9 Å². The largest absolute Gasteiger partial charge is 0.295 e. The number of Topliss-reactive ketones (excluding diaryl/α,β-unsaturated/α-hetero) is 1. The molecule has 4 heteroatoms. The minimum Gasteiger partial charge on any atom is -0.295 e. The summed E-state index contributed by atoms with van der Waals surface area (Å²) in [6, 6.07) is 4.10. The normalized spacial score (nSPS) is 11.1. The molecule has 0 saturated carbocycles. The quantitative estimate of drug-likeness (QED) is 0.777. The highest BCUT2D eigenvalue weighted by Crippen LogP contribution is 2.21. The van der Waals surface area contributed by atoms with Crippen LogP contribution in [0.1, 0.15) is 25.7 Å². The molecule has 0 amide bonds. The van der Waals surface area contributed by atoms with Gasteiger partial charge in [-0.15, -0.1) is 11.3 Å². The van der Waals surface area contributed by atoms with Gasteiger partial charge in [-0.2, -0.15) is 11.3 Å². The number of nitrogens with zero attached hydrogens (tertiary/aromatic N) is 1. The van der Waals surface area contributed by atoms with E-state index in [0.29, 0.717) is 6.54 Å². The van der Waals surface area contributed by atoms with Gasteiger partial charge in [-0.25, -0.2) is 0 Å². The molecule has 0 aromatic carbocycles. The number of rotatable bonds is 5. The van der Waals surface area contributed by atoms with Crippen LogP contribution in [0.3, 0.4) is 0 Å². The second kappa shape index (κ2) is 5.78. The fourth-order valence-corrected chi connectivity index (χ4v) is 3.59. The van der Waals surface area contributed by atoms with E-state index in [4.69, 9.17) is 0 Å². The van der Waals surface area contributed by atoms with Gasteiger partial charge in [-0.1, -0.05) is 0 Å². The molecule has 0 aliphatic rings. The molecule has 2 rings (SSSR count). The summed E-state index contributed by atoms with van der Waals surface area (Å²) >= 11 is 3.39. The highest BCUT2D eigenvalue weighted by Gasteiger charge is 2.14. The Hall–Kier alpha value is -0.970. The Balaban J connectivity index is 1.97. The van der Waals surface area contributed by atoms with Crippen molar-refractivity contribution in [1.82, 2.24) is 4.90 Å². The zero-order chi connectivity index (χ0) is 13.1. The van der Waals surface area contributed by atoms with E-state index in [2.05, 4.69) is 21.7 Å². The lowest BCUT2D eigenvalue weighted by atomic mass is 10.1. The fourth-order valence-electron chi connectivity index (χ4n) is 1.99. The molecule has 0 spiro atoms. The first-order valence-corrected chi connectivity index (χ1v) is 7.62. The number of thiophene rings is 2. The zero-order valence-electron chi connectivity index (χ0n) is 10.9. The molecule has 0 saturated heterocycles. The monoisotopic (exact) mass is 279 g/mol. The smallest absolute Gasteiger partial charge is 0.177 e. The Morgan fingerprint density at radius 3 is 2.72 bits per heavy atom. The lowest BCUT2D eigenvalue weighted by Gasteiger charge is -2.14. The number of hydrogen-bond donors (Lipinski definition) is 0. The highest BCUT2D eigenvalue weighted by molar-refractivity contribution is 7.12. The lowest BCUT2D eigenvalue weighted by molar-refractivity contribution is 0.0943. The molecule has 2 aromatic rings. The summed E-state index contributed by atoms with van der Waals surface area (Å²) in [5, 5.41) is 4.19. The van der Waals surface area contributed by atoms with Crippen molar-refractivity contribution in [3.63, 3.8) is 0 Å². The van der Waals surface area contributed by atoms with E-state index < -0.39 is 0 Å². The van der Waals surface area contributed by atoms with Gasteiger partial charge in [0.2, 0.25) is 0 Å². The molecular formula is C14H17NOS2. The van der Waals surface area contributed by atoms with Gasteiger partial charge in [0.05, 0.1) is 6.54 Å². The summed E-state index contributed by atoms with van der Waals surface area (Å²) < 4.78 is 0. The standard InChI is InChI=1S/C14H17NOS2/c1-10-6-13(11(2)18-10)14(16)8-15(3)7-12-4-5-17-9-12/h4-6,9H,7-8H2,1-3H3. The van der Waals surface area contributed by atoms with E-state index in [1.807, 2.05) is 27.0 Å². The summed E-state index contributed by atoms with van der Waals surface area (Å²) in [7, 11) is 1.99. The van der Waals surface area contributed by atoms with Crippen molar-refractivity contribution >= 4 is 28.5 Å². The Morgan fingerprint density at radius 2 is 2.17 bits per heavy atom. The highest BCUT2D eigenvalue weighted by atomic mass is 32.1. The van der Waals surface area contributed by atoms with Crippen LogP contribution in [0.25, 0.3) is 0 Å². The van der Waals surface area contributed by atoms with Gasteiger partial charge < -0.3 is 0 Å². The van der Waals surface area contributed by atoms with Gasteiger partial charge in [-0.05, 0) is 49.4 Å². The van der Waals surface area contributed by atoms with Crippen molar-refractivity contribution in [2.45, 2.75) is 20.4 Å². The van der Waals surface area contributed by atoms with Crippen LogP contribution in [0.5, 0.6) is 0 Å². The third-order valence-corrected chi connectivity index (χ3v) is 4.49. The molecule has 0 N–H and O–H groups in total. The predicted octanol–water partition coefficient (Wildman–Crippen LogP) is 3.74. The first-order valence-electron chi connectivity index (χ1n) is 5.86. The lowest BCUT2D eigenvalue weighted by Crippen LogP contribution is -2.25. The van der Waals surface area contributed by atoms with Crippen LogP contribution in [0.4, 0.5) is 0 Å². The predicted molar refractivity (Wildman–Crippen MR) is 78.8 cm³/mol. The summed E-state index contributed by atoms with van der Waals surface area (Å²) in [6.07, 6.45) is 0. The Morgan fingerprint density at radius 1 is 1.39 bits per heavy atom. The van der Waals surface area contributed by atoms with E-state index in [1.54, 1.807) is 22.7 Å². The molecular weight excluding hydrogens is 262 g/mol. The molecule has 0 aliphatic heterocycles. The van der Waals surface area contributed by atoms with E-state index in [9.17, 15) is 4.79 Å². The molecule has 96 valence electrons. The van der Waals surface area contributed by atoms with Crippen LogP contribution in [0, 0.1) is 13.8 Å². The summed E-state index contributed by atoms with van der Waals surface area (Å²) in [5.74, 6) is 0.217. The second-order valence-corrected chi connectivity index (χ2v) is 6.79. The molecule has 2 heterocycles. The summed E-state index contributed by atoms with van der Waals surface area (Å²) in [4.78, 5) is 16.6. The molecule has 0 fully saturated rings. The second-order valence-electron chi connectivity index (χ2n) is 4.55. The van der Waals surface area contributed by atoms with Crippen molar-refractivity contribution in [2.75, 3.05) is 13.6 Å². The average Bonchev–Trinajstić information content (AvgIpc) is 2.88. The van der Waals surface area contributed by atoms with Gasteiger partial charge in [0.25, 0.3) is 0 Å². The minimum absolute atomic E-state index is 0.217. The number of hydrogen-bond acceptors (Lipinski definition) is 4. The first-order chi connectivity index (χ1) is 8.56. The third kappa shape index (κ3) is 3.28. The SMILES string of the molecule is Cc1cc(C(=O)CN(C)Cc2ccsc2)c(C)s1. The van der Waals surface area contributed by atoms with Gasteiger partial charge >= 0.3 is 0 Å². The zero-order valence-corrected chi connectivity index (χ0v) is 12.5. The van der Waals surface area contributed by atoms with Crippen molar-refractivity contribution in [1.29, 1.82) is 0 Å². The molecule has 2 nitrogen and oxygen atoms in total. The van der Waals surface area contributed by atoms with Crippen molar-refractivity contribution in [3.05, 3.63) is 43.8 Å². The molecule has 0 radical (unpaired) electrons. The molecule has 0 aliphatic carbocycles.